The van der Waals surface area contributed by atoms with Crippen LogP contribution in [0.25, 0.3) is 0 Å². The first-order valence-corrected chi connectivity index (χ1v) is 5.87. The number of thiophene rings is 1. The first-order valence-electron chi connectivity index (χ1n) is 4.99. The largest absolute Gasteiger partial charge is 0.451 e. The number of allylic oxidation sites excluding steroid dienone is 1. The molecular formula is C12H14O3S. The van der Waals surface area contributed by atoms with Crippen molar-refractivity contribution in [2.24, 2.45) is 0 Å². The van der Waals surface area contributed by atoms with Gasteiger partial charge < -0.3 is 4.74 Å². The van der Waals surface area contributed by atoms with E-state index in [1.165, 1.54) is 13.0 Å². The lowest BCUT2D eigenvalue weighted by Crippen LogP contribution is -2.26. The van der Waals surface area contributed by atoms with Gasteiger partial charge in [-0.05, 0) is 25.3 Å². The van der Waals surface area contributed by atoms with E-state index in [2.05, 4.69) is 0 Å². The van der Waals surface area contributed by atoms with E-state index in [-0.39, 0.29) is 5.78 Å². The Morgan fingerprint density at radius 3 is 2.81 bits per heavy atom. The second kappa shape index (κ2) is 6.23. The molecular weight excluding hydrogens is 224 g/mol. The zero-order chi connectivity index (χ0) is 12.0. The van der Waals surface area contributed by atoms with E-state index < -0.39 is 12.1 Å². The Morgan fingerprint density at radius 1 is 1.56 bits per heavy atom. The number of ether oxygens (including phenoxy) is 1. The molecule has 86 valence electrons. The Bertz CT molecular complexity index is 379. The molecule has 0 aliphatic carbocycles. The fourth-order valence-corrected chi connectivity index (χ4v) is 1.93. The third kappa shape index (κ3) is 3.98. The molecule has 1 aromatic rings. The van der Waals surface area contributed by atoms with E-state index in [0.29, 0.717) is 6.42 Å². The highest BCUT2D eigenvalue weighted by molar-refractivity contribution is 7.09. The van der Waals surface area contributed by atoms with Crippen molar-refractivity contribution in [1.82, 2.24) is 0 Å². The van der Waals surface area contributed by atoms with Crippen LogP contribution in [-0.4, -0.2) is 17.9 Å². The van der Waals surface area contributed by atoms with Gasteiger partial charge in [0.1, 0.15) is 0 Å². The first-order chi connectivity index (χ1) is 7.63. The third-order valence-corrected chi connectivity index (χ3v) is 2.88. The van der Waals surface area contributed by atoms with Crippen LogP contribution in [0.4, 0.5) is 0 Å². The molecule has 3 nitrogen and oxygen atoms in total. The van der Waals surface area contributed by atoms with Gasteiger partial charge in [-0.1, -0.05) is 12.1 Å². The smallest absolute Gasteiger partial charge is 0.331 e. The van der Waals surface area contributed by atoms with Gasteiger partial charge in [0.15, 0.2) is 11.9 Å². The van der Waals surface area contributed by atoms with Crippen LogP contribution in [0.15, 0.2) is 29.7 Å². The minimum absolute atomic E-state index is 0.133. The Kier molecular flexibility index (Phi) is 4.92. The molecule has 1 rings (SSSR count). The van der Waals surface area contributed by atoms with Crippen LogP contribution in [0.2, 0.25) is 0 Å². The van der Waals surface area contributed by atoms with E-state index in [1.54, 1.807) is 24.3 Å². The van der Waals surface area contributed by atoms with Crippen LogP contribution < -0.4 is 0 Å². The quantitative estimate of drug-likeness (QED) is 0.584. The Balaban J connectivity index is 2.61. The normalized spacial score (nSPS) is 12.6. The molecule has 16 heavy (non-hydrogen) atoms. The molecule has 1 aromatic heterocycles. The van der Waals surface area contributed by atoms with Crippen LogP contribution in [-0.2, 0) is 20.7 Å². The minimum atomic E-state index is -0.678. The third-order valence-electron chi connectivity index (χ3n) is 1.98. The summed E-state index contributed by atoms with van der Waals surface area (Å²) >= 11 is 1.55. The average molecular weight is 238 g/mol. The number of esters is 1. The fraction of sp³-hybridized carbons (Fsp3) is 0.333. The summed E-state index contributed by atoms with van der Waals surface area (Å²) in [6.45, 7) is 3.16. The van der Waals surface area contributed by atoms with Crippen molar-refractivity contribution in [3.05, 3.63) is 34.5 Å². The van der Waals surface area contributed by atoms with Crippen LogP contribution >= 0.6 is 11.3 Å². The SMILES string of the molecule is C/C=C/C(=O)OC(Cc1cccs1)C(C)=O. The van der Waals surface area contributed by atoms with Gasteiger partial charge in [-0.25, -0.2) is 4.79 Å². The van der Waals surface area contributed by atoms with Crippen LogP contribution in [0.5, 0.6) is 0 Å². The Hall–Kier alpha value is -1.42. The Labute approximate surface area is 98.7 Å². The van der Waals surface area contributed by atoms with E-state index >= 15 is 0 Å². The van der Waals surface area contributed by atoms with Gasteiger partial charge in [0, 0.05) is 17.4 Å². The number of hydrogen-bond donors (Lipinski definition) is 0. The molecule has 1 atom stereocenters. The highest BCUT2D eigenvalue weighted by Gasteiger charge is 2.18. The van der Waals surface area contributed by atoms with Crippen molar-refractivity contribution in [2.45, 2.75) is 26.4 Å². The molecule has 0 amide bonds. The van der Waals surface area contributed by atoms with Crippen molar-refractivity contribution in [1.29, 1.82) is 0 Å². The molecule has 1 heterocycles. The molecule has 0 saturated heterocycles. The van der Waals surface area contributed by atoms with Crippen molar-refractivity contribution in [3.8, 4) is 0 Å². The molecule has 0 radical (unpaired) electrons. The van der Waals surface area contributed by atoms with Gasteiger partial charge in [-0.3, -0.25) is 4.79 Å². The maximum absolute atomic E-state index is 11.3. The minimum Gasteiger partial charge on any atom is -0.451 e. The van der Waals surface area contributed by atoms with Gasteiger partial charge in [0.05, 0.1) is 0 Å². The summed E-state index contributed by atoms with van der Waals surface area (Å²) in [5.74, 6) is -0.606. The summed E-state index contributed by atoms with van der Waals surface area (Å²) in [5, 5.41) is 1.93. The molecule has 0 fully saturated rings. The molecule has 1 unspecified atom stereocenters. The number of Topliss-reactive ketones (excluding diaryl/α,β-unsaturated/α-hetero) is 1. The zero-order valence-electron chi connectivity index (χ0n) is 9.30. The Morgan fingerprint density at radius 2 is 2.31 bits per heavy atom. The van der Waals surface area contributed by atoms with Gasteiger partial charge in [0.2, 0.25) is 0 Å². The molecule has 0 saturated carbocycles. The van der Waals surface area contributed by atoms with Gasteiger partial charge in [-0.2, -0.15) is 0 Å². The molecule has 4 heteroatoms. The molecule has 0 N–H and O–H groups in total. The lowest BCUT2D eigenvalue weighted by Gasteiger charge is -2.12. The lowest BCUT2D eigenvalue weighted by atomic mass is 10.1. The summed E-state index contributed by atoms with van der Waals surface area (Å²) in [6, 6.07) is 3.83. The van der Waals surface area contributed by atoms with Gasteiger partial charge >= 0.3 is 5.97 Å². The van der Waals surface area contributed by atoms with Crippen LogP contribution in [0, 0.1) is 0 Å². The highest BCUT2D eigenvalue weighted by Crippen LogP contribution is 2.13. The summed E-state index contributed by atoms with van der Waals surface area (Å²) in [7, 11) is 0. The number of ketones is 1. The number of carbonyl (C=O) groups is 2. The van der Waals surface area contributed by atoms with Gasteiger partial charge in [-0.15, -0.1) is 11.3 Å². The van der Waals surface area contributed by atoms with Crippen molar-refractivity contribution in [2.75, 3.05) is 0 Å². The van der Waals surface area contributed by atoms with Crippen LogP contribution in [0.1, 0.15) is 18.7 Å². The van der Waals surface area contributed by atoms with E-state index in [0.717, 1.165) is 4.88 Å². The molecule has 0 aromatic carbocycles. The monoisotopic (exact) mass is 238 g/mol. The maximum atomic E-state index is 11.3. The van der Waals surface area contributed by atoms with Crippen molar-refractivity contribution >= 4 is 23.1 Å². The number of carbonyl (C=O) groups excluding carboxylic acids is 2. The van der Waals surface area contributed by atoms with Gasteiger partial charge in [0.25, 0.3) is 0 Å². The predicted molar refractivity (Wildman–Crippen MR) is 63.4 cm³/mol. The first kappa shape index (κ1) is 12.6. The second-order valence-electron chi connectivity index (χ2n) is 3.32. The highest BCUT2D eigenvalue weighted by atomic mass is 32.1. The molecule has 0 aliphatic rings. The maximum Gasteiger partial charge on any atom is 0.331 e. The van der Waals surface area contributed by atoms with E-state index in [9.17, 15) is 9.59 Å². The summed E-state index contributed by atoms with van der Waals surface area (Å²) in [5.41, 5.74) is 0. The summed E-state index contributed by atoms with van der Waals surface area (Å²) < 4.78 is 5.06. The average Bonchev–Trinajstić information content (AvgIpc) is 2.69. The van der Waals surface area contributed by atoms with Crippen LogP contribution in [0.3, 0.4) is 0 Å². The molecule has 0 spiro atoms. The topological polar surface area (TPSA) is 43.4 Å². The van der Waals surface area contributed by atoms with E-state index in [1.807, 2.05) is 17.5 Å². The molecule has 0 aliphatic heterocycles. The summed E-state index contributed by atoms with van der Waals surface area (Å²) in [6.07, 6.45) is 2.67. The predicted octanol–water partition coefficient (Wildman–Crippen LogP) is 2.37. The standard InChI is InChI=1S/C12H14O3S/c1-3-5-12(14)15-11(9(2)13)8-10-6-4-7-16-10/h3-7,11H,8H2,1-2H3/b5-3+. The molecule has 0 bridgehead atoms. The summed E-state index contributed by atoms with van der Waals surface area (Å²) in [4.78, 5) is 23.6. The number of rotatable bonds is 5. The fourth-order valence-electron chi connectivity index (χ4n) is 1.20. The lowest BCUT2D eigenvalue weighted by molar-refractivity contribution is -0.149. The second-order valence-corrected chi connectivity index (χ2v) is 4.35. The van der Waals surface area contributed by atoms with E-state index in [4.69, 9.17) is 4.74 Å². The van der Waals surface area contributed by atoms with Crippen molar-refractivity contribution < 1.29 is 14.3 Å². The van der Waals surface area contributed by atoms with Crippen molar-refractivity contribution in [3.63, 3.8) is 0 Å². The zero-order valence-corrected chi connectivity index (χ0v) is 10.1. The number of hydrogen-bond acceptors (Lipinski definition) is 4.